The van der Waals surface area contributed by atoms with E-state index in [0.717, 1.165) is 0 Å². The number of unbranched alkanes of at least 4 members (excludes halogenated alkanes) is 1. The molecule has 22 heavy (non-hydrogen) atoms. The minimum Gasteiger partial charge on any atom is -0.423 e. The number of rotatable bonds is 8. The van der Waals surface area contributed by atoms with E-state index in [9.17, 15) is 9.59 Å². The van der Waals surface area contributed by atoms with Crippen molar-refractivity contribution in [2.75, 3.05) is 0 Å². The number of amides is 2. The average molecular weight is 307 g/mol. The van der Waals surface area contributed by atoms with Crippen molar-refractivity contribution >= 4 is 30.6 Å². The van der Waals surface area contributed by atoms with Crippen molar-refractivity contribution in [3.8, 4) is 0 Å². The highest BCUT2D eigenvalue weighted by Crippen LogP contribution is 1.99. The summed E-state index contributed by atoms with van der Waals surface area (Å²) < 4.78 is 0. The molecule has 0 aliphatic heterocycles. The molecule has 2 amide bonds. The summed E-state index contributed by atoms with van der Waals surface area (Å²) in [6.07, 6.45) is 2.75. The zero-order chi connectivity index (χ0) is 16.4. The highest BCUT2D eigenvalue weighted by Gasteiger charge is 2.09. The first-order valence-corrected chi connectivity index (χ1v) is 6.74. The van der Waals surface area contributed by atoms with Crippen LogP contribution in [0.5, 0.6) is 0 Å². The van der Waals surface area contributed by atoms with E-state index >= 15 is 0 Å². The minimum atomic E-state index is -1.56. The van der Waals surface area contributed by atoms with Crippen LogP contribution in [0, 0.1) is 0 Å². The van der Waals surface area contributed by atoms with E-state index in [-0.39, 0.29) is 18.7 Å². The Balaban J connectivity index is 2.31. The normalized spacial score (nSPS) is 10.5. The first kappa shape index (κ1) is 17.8. The number of hydrogen-bond acceptors (Lipinski definition) is 6. The van der Waals surface area contributed by atoms with Crippen LogP contribution in [0.2, 0.25) is 0 Å². The lowest BCUT2D eigenvalue weighted by molar-refractivity contribution is -0.129. The Hall–Kier alpha value is -2.23. The van der Waals surface area contributed by atoms with E-state index in [1.807, 2.05) is 0 Å². The number of carbonyl (C=O) groups is 2. The first-order valence-electron chi connectivity index (χ1n) is 6.74. The molecular formula is C13H18BN3O5. The third-order valence-electron chi connectivity index (χ3n) is 2.79. The maximum absolute atomic E-state index is 11.5. The Bertz CT molecular complexity index is 536. The molecule has 0 fully saturated rings. The summed E-state index contributed by atoms with van der Waals surface area (Å²) in [5.41, 5.74) is 4.80. The summed E-state index contributed by atoms with van der Waals surface area (Å²) in [7, 11) is -1.56. The number of benzene rings is 1. The maximum atomic E-state index is 11.5. The third kappa shape index (κ3) is 6.98. The molecule has 0 spiro atoms. The fourth-order valence-electron chi connectivity index (χ4n) is 1.66. The van der Waals surface area contributed by atoms with Gasteiger partial charge < -0.3 is 10.0 Å². The Morgan fingerprint density at radius 3 is 2.50 bits per heavy atom. The number of carbonyl (C=O) groups excluding carboxylic acids is 2. The van der Waals surface area contributed by atoms with Crippen LogP contribution in [0.1, 0.15) is 31.2 Å². The van der Waals surface area contributed by atoms with Crippen LogP contribution in [-0.2, 0) is 9.59 Å². The summed E-state index contributed by atoms with van der Waals surface area (Å²) in [6, 6.07) is 6.44. The van der Waals surface area contributed by atoms with Crippen molar-refractivity contribution in [2.24, 2.45) is 5.10 Å². The highest BCUT2D eigenvalue weighted by atomic mass is 16.5. The van der Waals surface area contributed by atoms with Crippen molar-refractivity contribution in [2.45, 2.75) is 25.7 Å². The van der Waals surface area contributed by atoms with Gasteiger partial charge in [0.1, 0.15) is 0 Å². The Morgan fingerprint density at radius 1 is 1.18 bits per heavy atom. The smallest absolute Gasteiger partial charge is 0.423 e. The molecular weight excluding hydrogens is 289 g/mol. The van der Waals surface area contributed by atoms with Crippen LogP contribution in [-0.4, -0.2) is 40.4 Å². The minimum absolute atomic E-state index is 0.156. The van der Waals surface area contributed by atoms with Gasteiger partial charge in [0.2, 0.25) is 11.8 Å². The van der Waals surface area contributed by atoms with Crippen LogP contribution in [0.4, 0.5) is 0 Å². The number of nitrogens with one attached hydrogen (secondary N) is 2. The van der Waals surface area contributed by atoms with Crippen molar-refractivity contribution in [3.63, 3.8) is 0 Å². The van der Waals surface area contributed by atoms with Gasteiger partial charge in [-0.25, -0.2) is 10.9 Å². The molecule has 0 unspecified atom stereocenters. The number of hydroxylamine groups is 1. The molecule has 0 atom stereocenters. The molecule has 0 aliphatic rings. The molecule has 1 aromatic rings. The Labute approximate surface area is 128 Å². The quantitative estimate of drug-likeness (QED) is 0.136. The predicted molar refractivity (Wildman–Crippen MR) is 80.4 cm³/mol. The van der Waals surface area contributed by atoms with E-state index in [4.69, 9.17) is 15.3 Å². The van der Waals surface area contributed by atoms with Gasteiger partial charge in [-0.05, 0) is 23.9 Å². The van der Waals surface area contributed by atoms with E-state index < -0.39 is 13.0 Å². The molecule has 0 saturated carbocycles. The fraction of sp³-hybridized carbons (Fsp3) is 0.308. The van der Waals surface area contributed by atoms with Gasteiger partial charge in [0.05, 0.1) is 6.21 Å². The Morgan fingerprint density at radius 2 is 1.86 bits per heavy atom. The van der Waals surface area contributed by atoms with Crippen LogP contribution in [0.15, 0.2) is 29.4 Å². The van der Waals surface area contributed by atoms with Crippen molar-refractivity contribution < 1.29 is 24.8 Å². The zero-order valence-corrected chi connectivity index (χ0v) is 11.9. The second-order valence-corrected chi connectivity index (χ2v) is 4.58. The summed E-state index contributed by atoms with van der Waals surface area (Å²) >= 11 is 0. The van der Waals surface area contributed by atoms with Crippen LogP contribution >= 0.6 is 0 Å². The van der Waals surface area contributed by atoms with Crippen LogP contribution in [0.25, 0.3) is 0 Å². The number of hydrogen-bond donors (Lipinski definition) is 5. The van der Waals surface area contributed by atoms with Gasteiger partial charge in [0.25, 0.3) is 0 Å². The van der Waals surface area contributed by atoms with Gasteiger partial charge in [-0.15, -0.1) is 0 Å². The molecule has 0 aliphatic carbocycles. The lowest BCUT2D eigenvalue weighted by Gasteiger charge is -2.01. The molecule has 0 bridgehead atoms. The highest BCUT2D eigenvalue weighted by molar-refractivity contribution is 6.58. The lowest BCUT2D eigenvalue weighted by atomic mass is 9.80. The number of nitrogens with zero attached hydrogens (tertiary/aromatic N) is 1. The van der Waals surface area contributed by atoms with Gasteiger partial charge in [-0.1, -0.05) is 24.3 Å². The van der Waals surface area contributed by atoms with Gasteiger partial charge in [0, 0.05) is 12.8 Å². The molecule has 0 aromatic heterocycles. The Kier molecular flexibility index (Phi) is 7.83. The topological polar surface area (TPSA) is 131 Å². The van der Waals surface area contributed by atoms with Gasteiger partial charge >= 0.3 is 7.12 Å². The fourth-order valence-corrected chi connectivity index (χ4v) is 1.66. The molecule has 118 valence electrons. The largest absolute Gasteiger partial charge is 0.488 e. The SMILES string of the molecule is O=C(CCCCC(=O)N/N=C/c1cccc(B(O)O)c1)NO. The van der Waals surface area contributed by atoms with Crippen LogP contribution in [0.3, 0.4) is 0 Å². The molecule has 8 nitrogen and oxygen atoms in total. The second kappa shape index (κ2) is 9.66. The van der Waals surface area contributed by atoms with E-state index in [1.54, 1.807) is 18.2 Å². The van der Waals surface area contributed by atoms with Crippen LogP contribution < -0.4 is 16.4 Å². The van der Waals surface area contributed by atoms with Gasteiger partial charge in [0.15, 0.2) is 0 Å². The molecule has 1 aromatic carbocycles. The van der Waals surface area contributed by atoms with E-state index in [2.05, 4.69) is 10.5 Å². The standard InChI is InChI=1S/C13H18BN3O5/c18-12(6-1-2-7-13(19)17-22)16-15-9-10-4-3-5-11(8-10)14(20)21/h3-5,8-9,20-22H,1-2,6-7H2,(H,16,18)(H,17,19)/b15-9+. The second-order valence-electron chi connectivity index (χ2n) is 4.58. The molecule has 0 saturated heterocycles. The maximum Gasteiger partial charge on any atom is 0.488 e. The zero-order valence-electron chi connectivity index (χ0n) is 11.9. The molecule has 0 heterocycles. The van der Waals surface area contributed by atoms with Crippen molar-refractivity contribution in [1.29, 1.82) is 0 Å². The summed E-state index contributed by atoms with van der Waals surface area (Å²) in [6.45, 7) is 0. The van der Waals surface area contributed by atoms with Gasteiger partial charge in [-0.2, -0.15) is 5.10 Å². The third-order valence-corrected chi connectivity index (χ3v) is 2.79. The monoisotopic (exact) mass is 307 g/mol. The first-order chi connectivity index (χ1) is 10.5. The average Bonchev–Trinajstić information content (AvgIpc) is 2.51. The summed E-state index contributed by atoms with van der Waals surface area (Å²) in [5, 5.41) is 30.1. The lowest BCUT2D eigenvalue weighted by Crippen LogP contribution is -2.29. The molecule has 9 heteroatoms. The summed E-state index contributed by atoms with van der Waals surface area (Å²) in [5.74, 6) is -0.775. The van der Waals surface area contributed by atoms with Crippen molar-refractivity contribution in [3.05, 3.63) is 29.8 Å². The molecule has 0 radical (unpaired) electrons. The van der Waals surface area contributed by atoms with E-state index in [0.29, 0.717) is 23.9 Å². The van der Waals surface area contributed by atoms with E-state index in [1.165, 1.54) is 17.8 Å². The van der Waals surface area contributed by atoms with Crippen molar-refractivity contribution in [1.82, 2.24) is 10.9 Å². The molecule has 1 rings (SSSR count). The molecule has 5 N–H and O–H groups in total. The predicted octanol–water partition coefficient (Wildman–Crippen LogP) is -1.12. The number of hydrazone groups is 1. The van der Waals surface area contributed by atoms with Gasteiger partial charge in [-0.3, -0.25) is 14.8 Å². The summed E-state index contributed by atoms with van der Waals surface area (Å²) in [4.78, 5) is 22.2.